The summed E-state index contributed by atoms with van der Waals surface area (Å²) in [5.41, 5.74) is 14.1. The SMILES string of the molecule is C1=CCCC(c2nc(C3=CCCC(n4c5cccc(-c6ccc7c(c6)Sc6ccccc6N7c6ccccc6)c5c5c6ccccc6ccc54)=C3)nc3ccccc23)=C1. The lowest BCUT2D eigenvalue weighted by atomic mass is 9.96. The van der Waals surface area contributed by atoms with Gasteiger partial charge in [-0.15, -0.1) is 0 Å². The number of allylic oxidation sites excluding steroid dienone is 8. The van der Waals surface area contributed by atoms with Crippen molar-refractivity contribution in [1.82, 2.24) is 14.5 Å². The van der Waals surface area contributed by atoms with Crippen LogP contribution < -0.4 is 4.90 Å². The van der Waals surface area contributed by atoms with E-state index in [1.54, 1.807) is 0 Å². The van der Waals surface area contributed by atoms with Crippen molar-refractivity contribution in [2.75, 3.05) is 4.90 Å². The van der Waals surface area contributed by atoms with E-state index < -0.39 is 0 Å². The van der Waals surface area contributed by atoms with Crippen molar-refractivity contribution < 1.29 is 0 Å². The molecule has 0 unspecified atom stereocenters. The van der Waals surface area contributed by atoms with Crippen LogP contribution in [0.15, 0.2) is 192 Å². The van der Waals surface area contributed by atoms with Gasteiger partial charge in [0.15, 0.2) is 5.82 Å². The van der Waals surface area contributed by atoms with E-state index in [9.17, 15) is 0 Å². The van der Waals surface area contributed by atoms with Gasteiger partial charge < -0.3 is 9.47 Å². The normalized spacial score (nSPS) is 15.0. The van der Waals surface area contributed by atoms with Gasteiger partial charge in [0.1, 0.15) is 0 Å². The van der Waals surface area contributed by atoms with Gasteiger partial charge in [0, 0.05) is 42.9 Å². The van der Waals surface area contributed by atoms with E-state index >= 15 is 0 Å². The highest BCUT2D eigenvalue weighted by Crippen LogP contribution is 2.53. The molecule has 3 heterocycles. The second-order valence-corrected chi connectivity index (χ2v) is 16.6. The average Bonchev–Trinajstić information content (AvgIpc) is 3.66. The number of hydrogen-bond donors (Lipinski definition) is 0. The lowest BCUT2D eigenvalue weighted by Gasteiger charge is -2.33. The Bertz CT molecular complexity index is 3310. The first-order valence-electron chi connectivity index (χ1n) is 20.5. The number of rotatable bonds is 5. The third kappa shape index (κ3) is 5.60. The summed E-state index contributed by atoms with van der Waals surface area (Å²) in [4.78, 5) is 15.4. The maximum absolute atomic E-state index is 5.32. The summed E-state index contributed by atoms with van der Waals surface area (Å²) in [7, 11) is 0. The maximum Gasteiger partial charge on any atom is 0.160 e. The molecule has 59 heavy (non-hydrogen) atoms. The van der Waals surface area contributed by atoms with Gasteiger partial charge in [-0.2, -0.15) is 0 Å². The maximum atomic E-state index is 5.32. The zero-order valence-corrected chi connectivity index (χ0v) is 33.2. The topological polar surface area (TPSA) is 34.0 Å². The Kier molecular flexibility index (Phi) is 8.02. The van der Waals surface area contributed by atoms with Crippen LogP contribution in [0.4, 0.5) is 17.1 Å². The molecule has 0 atom stereocenters. The number of anilines is 3. The van der Waals surface area contributed by atoms with Crippen LogP contribution in [0.2, 0.25) is 0 Å². The Labute approximate surface area is 347 Å². The quantitative estimate of drug-likeness (QED) is 0.174. The summed E-state index contributed by atoms with van der Waals surface area (Å²) in [5, 5.41) is 6.18. The summed E-state index contributed by atoms with van der Waals surface area (Å²) in [5.74, 6) is 0.788. The van der Waals surface area contributed by atoms with E-state index in [-0.39, 0.29) is 0 Å². The first-order chi connectivity index (χ1) is 29.3. The van der Waals surface area contributed by atoms with Crippen molar-refractivity contribution in [3.8, 4) is 11.1 Å². The number of aromatic nitrogens is 3. The molecule has 5 heteroatoms. The minimum atomic E-state index is 0.788. The van der Waals surface area contributed by atoms with E-state index in [0.29, 0.717) is 0 Å². The summed E-state index contributed by atoms with van der Waals surface area (Å²) in [6.45, 7) is 0. The van der Waals surface area contributed by atoms with Crippen molar-refractivity contribution in [3.05, 3.63) is 194 Å². The van der Waals surface area contributed by atoms with Crippen LogP contribution in [0, 0.1) is 0 Å². The van der Waals surface area contributed by atoms with Crippen LogP contribution in [-0.4, -0.2) is 14.5 Å². The van der Waals surface area contributed by atoms with Gasteiger partial charge in [-0.05, 0) is 114 Å². The number of nitrogens with zero attached hydrogens (tertiary/aromatic N) is 4. The Morgan fingerprint density at radius 3 is 2.32 bits per heavy atom. The van der Waals surface area contributed by atoms with E-state index in [4.69, 9.17) is 9.97 Å². The second kappa shape index (κ2) is 13.9. The zero-order chi connectivity index (χ0) is 38.9. The fourth-order valence-corrected chi connectivity index (χ4v) is 10.5. The predicted molar refractivity (Wildman–Crippen MR) is 249 cm³/mol. The van der Waals surface area contributed by atoms with Gasteiger partial charge in [0.2, 0.25) is 0 Å². The smallest absolute Gasteiger partial charge is 0.160 e. The highest BCUT2D eigenvalue weighted by Gasteiger charge is 2.27. The lowest BCUT2D eigenvalue weighted by molar-refractivity contribution is 0.975. The highest BCUT2D eigenvalue weighted by molar-refractivity contribution is 7.99. The molecule has 0 saturated carbocycles. The second-order valence-electron chi connectivity index (χ2n) is 15.5. The Balaban J connectivity index is 1.05. The molecule has 0 fully saturated rings. The molecule has 4 nitrogen and oxygen atoms in total. The fourth-order valence-electron chi connectivity index (χ4n) is 9.43. The molecule has 0 amide bonds. The first-order valence-corrected chi connectivity index (χ1v) is 21.3. The predicted octanol–water partition coefficient (Wildman–Crippen LogP) is 14.9. The molecule has 12 rings (SSSR count). The van der Waals surface area contributed by atoms with E-state index in [0.717, 1.165) is 59.4 Å². The van der Waals surface area contributed by atoms with Crippen LogP contribution >= 0.6 is 11.8 Å². The number of para-hydroxylation sites is 3. The summed E-state index contributed by atoms with van der Waals surface area (Å²) < 4.78 is 2.52. The van der Waals surface area contributed by atoms with Crippen molar-refractivity contribution in [1.29, 1.82) is 0 Å². The molecule has 0 N–H and O–H groups in total. The summed E-state index contributed by atoms with van der Waals surface area (Å²) in [6, 6.07) is 55.2. The van der Waals surface area contributed by atoms with E-state index in [1.807, 2.05) is 11.8 Å². The molecule has 280 valence electrons. The first kappa shape index (κ1) is 34.1. The van der Waals surface area contributed by atoms with Gasteiger partial charge in [0.25, 0.3) is 0 Å². The van der Waals surface area contributed by atoms with Crippen LogP contribution in [0.5, 0.6) is 0 Å². The molecule has 3 aliphatic rings. The van der Waals surface area contributed by atoms with Crippen molar-refractivity contribution in [3.63, 3.8) is 0 Å². The molecule has 9 aromatic rings. The van der Waals surface area contributed by atoms with Crippen LogP contribution in [0.1, 0.15) is 37.2 Å². The summed E-state index contributed by atoms with van der Waals surface area (Å²) >= 11 is 1.86. The van der Waals surface area contributed by atoms with Crippen LogP contribution in [0.25, 0.3) is 71.5 Å². The van der Waals surface area contributed by atoms with E-state index in [2.05, 4.69) is 192 Å². The fraction of sp³-hybridized carbons (Fsp3) is 0.0741. The van der Waals surface area contributed by atoms with Crippen LogP contribution in [0.3, 0.4) is 0 Å². The highest BCUT2D eigenvalue weighted by atomic mass is 32.2. The zero-order valence-electron chi connectivity index (χ0n) is 32.3. The van der Waals surface area contributed by atoms with Gasteiger partial charge >= 0.3 is 0 Å². The lowest BCUT2D eigenvalue weighted by Crippen LogP contribution is -2.14. The van der Waals surface area contributed by atoms with Crippen molar-refractivity contribution in [2.24, 2.45) is 0 Å². The van der Waals surface area contributed by atoms with Gasteiger partial charge in [-0.25, -0.2) is 9.97 Å². The minimum absolute atomic E-state index is 0.788. The van der Waals surface area contributed by atoms with Gasteiger partial charge in [-0.1, -0.05) is 133 Å². The molecule has 0 spiro atoms. The van der Waals surface area contributed by atoms with E-state index in [1.165, 1.54) is 76.1 Å². The Morgan fingerprint density at radius 2 is 1.41 bits per heavy atom. The monoisotopic (exact) mass is 774 g/mol. The summed E-state index contributed by atoms with van der Waals surface area (Å²) in [6.07, 6.45) is 15.1. The third-order valence-corrected chi connectivity index (χ3v) is 13.2. The van der Waals surface area contributed by atoms with Gasteiger partial charge in [0.05, 0.1) is 33.6 Å². The largest absolute Gasteiger partial charge is 0.313 e. The Hall–Kier alpha value is -6.95. The molecule has 2 aliphatic carbocycles. The van der Waals surface area contributed by atoms with Crippen molar-refractivity contribution in [2.45, 2.75) is 35.5 Å². The molecule has 0 saturated heterocycles. The Morgan fingerprint density at radius 1 is 0.593 bits per heavy atom. The number of hydrogen-bond acceptors (Lipinski definition) is 4. The molecule has 0 bridgehead atoms. The third-order valence-electron chi connectivity index (χ3n) is 12.1. The molecular weight excluding hydrogens is 737 g/mol. The molecule has 7 aromatic carbocycles. The number of benzene rings is 7. The minimum Gasteiger partial charge on any atom is -0.313 e. The average molecular weight is 775 g/mol. The molecule has 1 aliphatic heterocycles. The molecule has 0 radical (unpaired) electrons. The standard InChI is InChI=1S/C54H38N4S/c1-3-16-36(17-4-1)53-43-23-9-10-25-44(43)55-54(56-53)38-18-13-21-40(33-38)58-47-27-14-24-42(52(47)51-41-22-8-7-15-35(41)29-32-48(51)58)37-30-31-46-50(34-37)59-49-28-12-11-26-45(49)57(46)39-19-5-2-6-20-39/h1-3,5-12,14-16,18-20,22-34H,4,13,17,21H2. The molecular formula is C54H38N4S. The number of fused-ring (bicyclic) bond motifs is 8. The van der Waals surface area contributed by atoms with Crippen LogP contribution in [-0.2, 0) is 0 Å². The van der Waals surface area contributed by atoms with Gasteiger partial charge in [-0.3, -0.25) is 0 Å². The molecule has 2 aromatic heterocycles. The van der Waals surface area contributed by atoms with Crippen molar-refractivity contribution >= 4 is 89.1 Å².